The molecule has 2 aromatic heterocycles. The highest BCUT2D eigenvalue weighted by molar-refractivity contribution is 6.09. The third-order valence-corrected chi connectivity index (χ3v) is 7.86. The van der Waals surface area contributed by atoms with E-state index in [1.165, 1.54) is 49.7 Å². The monoisotopic (exact) mass is 520 g/mol. The van der Waals surface area contributed by atoms with Gasteiger partial charge in [0.05, 0.1) is 11.0 Å². The van der Waals surface area contributed by atoms with Crippen LogP contribution in [0.5, 0.6) is 0 Å². The number of oxazole rings is 1. The summed E-state index contributed by atoms with van der Waals surface area (Å²) in [6, 6.07) is 39.3. The zero-order chi connectivity index (χ0) is 27.1. The minimum Gasteiger partial charge on any atom is -0.436 e. The van der Waals surface area contributed by atoms with Crippen LogP contribution in [-0.4, -0.2) is 9.55 Å². The fraction of sp³-hybridized carbons (Fsp3) is 0.162. The molecule has 5 aromatic carbocycles. The molecular formula is C37H32N2O. The van der Waals surface area contributed by atoms with E-state index in [0.717, 1.165) is 42.3 Å². The molecule has 0 radical (unpaired) electrons. The molecule has 0 atom stereocenters. The maximum absolute atomic E-state index is 5.95. The van der Waals surface area contributed by atoms with Gasteiger partial charge in [0.15, 0.2) is 5.58 Å². The highest BCUT2D eigenvalue weighted by Crippen LogP contribution is 2.35. The molecule has 196 valence electrons. The summed E-state index contributed by atoms with van der Waals surface area (Å²) in [6.07, 6.45) is 4.53. The summed E-state index contributed by atoms with van der Waals surface area (Å²) >= 11 is 0. The second-order valence-corrected chi connectivity index (χ2v) is 10.6. The summed E-state index contributed by atoms with van der Waals surface area (Å²) in [6.45, 7) is 4.50. The number of para-hydroxylation sites is 2. The van der Waals surface area contributed by atoms with Crippen LogP contribution in [0, 0.1) is 0 Å². The molecule has 0 unspecified atom stereocenters. The normalized spacial score (nSPS) is 11.7. The fourth-order valence-corrected chi connectivity index (χ4v) is 5.89. The number of rotatable bonds is 7. The Morgan fingerprint density at radius 2 is 1.15 bits per heavy atom. The standard InChI is InChI=1S/C37H32N2O/c1-3-7-25-11-21-34-31(23-25)32-24-26(8-4-2)12-22-35(32)39(34)30-19-17-28(18-20-30)27-13-15-29(16-14-27)37-38-33-9-5-6-10-36(33)40-37/h5-6,9-24H,3-4,7-8H2,1-2H3. The topological polar surface area (TPSA) is 31.0 Å². The minimum absolute atomic E-state index is 0.652. The zero-order valence-corrected chi connectivity index (χ0v) is 23.0. The van der Waals surface area contributed by atoms with Crippen molar-refractivity contribution in [1.29, 1.82) is 0 Å². The van der Waals surface area contributed by atoms with Crippen molar-refractivity contribution >= 4 is 32.9 Å². The summed E-state index contributed by atoms with van der Waals surface area (Å²) in [7, 11) is 0. The van der Waals surface area contributed by atoms with Crippen molar-refractivity contribution in [2.45, 2.75) is 39.5 Å². The van der Waals surface area contributed by atoms with Gasteiger partial charge in [-0.25, -0.2) is 4.98 Å². The highest BCUT2D eigenvalue weighted by Gasteiger charge is 2.14. The van der Waals surface area contributed by atoms with Crippen molar-refractivity contribution < 1.29 is 4.42 Å². The smallest absolute Gasteiger partial charge is 0.227 e. The second-order valence-electron chi connectivity index (χ2n) is 10.6. The van der Waals surface area contributed by atoms with E-state index in [1.807, 2.05) is 24.3 Å². The number of nitrogens with zero attached hydrogens (tertiary/aromatic N) is 2. The van der Waals surface area contributed by atoms with Gasteiger partial charge in [-0.1, -0.05) is 75.2 Å². The third-order valence-electron chi connectivity index (χ3n) is 7.86. The summed E-state index contributed by atoms with van der Waals surface area (Å²) in [5, 5.41) is 2.69. The molecule has 0 saturated heterocycles. The van der Waals surface area contributed by atoms with Gasteiger partial charge in [-0.05, 0) is 95.8 Å². The Hall–Kier alpha value is -4.63. The van der Waals surface area contributed by atoms with Gasteiger partial charge < -0.3 is 8.98 Å². The second kappa shape index (κ2) is 10.2. The van der Waals surface area contributed by atoms with Crippen LogP contribution in [0.15, 0.2) is 114 Å². The molecule has 3 nitrogen and oxygen atoms in total. The maximum atomic E-state index is 5.95. The van der Waals surface area contributed by atoms with Crippen molar-refractivity contribution in [3.8, 4) is 28.3 Å². The molecule has 0 N–H and O–H groups in total. The molecule has 0 bridgehead atoms. The van der Waals surface area contributed by atoms with Gasteiger partial charge in [0.1, 0.15) is 5.52 Å². The first-order valence-corrected chi connectivity index (χ1v) is 14.3. The van der Waals surface area contributed by atoms with E-state index < -0.39 is 0 Å². The lowest BCUT2D eigenvalue weighted by atomic mass is 10.0. The molecule has 0 aliphatic rings. The predicted molar refractivity (Wildman–Crippen MR) is 167 cm³/mol. The first-order valence-electron chi connectivity index (χ1n) is 14.3. The number of aromatic nitrogens is 2. The molecule has 40 heavy (non-hydrogen) atoms. The van der Waals surface area contributed by atoms with Gasteiger partial charge in [0.2, 0.25) is 5.89 Å². The number of hydrogen-bond donors (Lipinski definition) is 0. The van der Waals surface area contributed by atoms with Gasteiger partial charge in [0, 0.05) is 22.0 Å². The van der Waals surface area contributed by atoms with Crippen molar-refractivity contribution in [1.82, 2.24) is 9.55 Å². The SMILES string of the molecule is CCCc1ccc2c(c1)c1cc(CCC)ccc1n2-c1ccc(-c2ccc(-c3nc4ccccc4o3)cc2)cc1. The van der Waals surface area contributed by atoms with E-state index >= 15 is 0 Å². The number of hydrogen-bond acceptors (Lipinski definition) is 2. The molecular weight excluding hydrogens is 488 g/mol. The van der Waals surface area contributed by atoms with Crippen LogP contribution in [0.1, 0.15) is 37.8 Å². The fourth-order valence-electron chi connectivity index (χ4n) is 5.89. The molecule has 0 saturated carbocycles. The quantitative estimate of drug-likeness (QED) is 0.209. The largest absolute Gasteiger partial charge is 0.436 e. The Balaban J connectivity index is 1.25. The molecule has 3 heteroatoms. The zero-order valence-electron chi connectivity index (χ0n) is 23.0. The first-order chi connectivity index (χ1) is 19.7. The van der Waals surface area contributed by atoms with Crippen LogP contribution in [0.2, 0.25) is 0 Å². The predicted octanol–water partition coefficient (Wildman–Crippen LogP) is 10.2. The first kappa shape index (κ1) is 24.4. The molecule has 7 aromatic rings. The third kappa shape index (κ3) is 4.28. The average molecular weight is 521 g/mol. The lowest BCUT2D eigenvalue weighted by Gasteiger charge is -2.10. The van der Waals surface area contributed by atoms with E-state index in [0.29, 0.717) is 5.89 Å². The van der Waals surface area contributed by atoms with Gasteiger partial charge in [0.25, 0.3) is 0 Å². The van der Waals surface area contributed by atoms with E-state index in [4.69, 9.17) is 4.42 Å². The van der Waals surface area contributed by atoms with Crippen LogP contribution < -0.4 is 0 Å². The lowest BCUT2D eigenvalue weighted by Crippen LogP contribution is -1.94. The summed E-state index contributed by atoms with van der Waals surface area (Å²) < 4.78 is 8.37. The summed E-state index contributed by atoms with van der Waals surface area (Å²) in [4.78, 5) is 4.64. The van der Waals surface area contributed by atoms with Crippen LogP contribution >= 0.6 is 0 Å². The summed E-state index contributed by atoms with van der Waals surface area (Å²) in [5.74, 6) is 0.652. The lowest BCUT2D eigenvalue weighted by molar-refractivity contribution is 0.620. The molecule has 0 aliphatic carbocycles. The van der Waals surface area contributed by atoms with Crippen LogP contribution in [0.25, 0.3) is 61.2 Å². The van der Waals surface area contributed by atoms with E-state index in [-0.39, 0.29) is 0 Å². The molecule has 7 rings (SSSR count). The maximum Gasteiger partial charge on any atom is 0.227 e. The van der Waals surface area contributed by atoms with Gasteiger partial charge in [-0.3, -0.25) is 0 Å². The van der Waals surface area contributed by atoms with Crippen LogP contribution in [0.4, 0.5) is 0 Å². The van der Waals surface area contributed by atoms with Crippen LogP contribution in [-0.2, 0) is 12.8 Å². The van der Waals surface area contributed by atoms with E-state index in [2.05, 4.69) is 108 Å². The number of aryl methyl sites for hydroxylation is 2. The number of fused-ring (bicyclic) bond motifs is 4. The van der Waals surface area contributed by atoms with Crippen molar-refractivity contribution in [2.75, 3.05) is 0 Å². The minimum atomic E-state index is 0.652. The van der Waals surface area contributed by atoms with Gasteiger partial charge >= 0.3 is 0 Å². The highest BCUT2D eigenvalue weighted by atomic mass is 16.3. The molecule has 0 spiro atoms. The molecule has 2 heterocycles. The van der Waals surface area contributed by atoms with Crippen molar-refractivity contribution in [3.05, 3.63) is 120 Å². The Kier molecular flexibility index (Phi) is 6.20. The molecule has 0 amide bonds. The van der Waals surface area contributed by atoms with E-state index in [1.54, 1.807) is 0 Å². The van der Waals surface area contributed by atoms with Gasteiger partial charge in [-0.15, -0.1) is 0 Å². The van der Waals surface area contributed by atoms with Gasteiger partial charge in [-0.2, -0.15) is 0 Å². The van der Waals surface area contributed by atoms with Crippen molar-refractivity contribution in [3.63, 3.8) is 0 Å². The summed E-state index contributed by atoms with van der Waals surface area (Å²) in [5.41, 5.74) is 11.5. The Labute approximate surface area is 234 Å². The Bertz CT molecular complexity index is 1860. The molecule has 0 fully saturated rings. The Morgan fingerprint density at radius 3 is 1.73 bits per heavy atom. The Morgan fingerprint density at radius 1 is 0.600 bits per heavy atom. The van der Waals surface area contributed by atoms with Crippen LogP contribution in [0.3, 0.4) is 0 Å². The van der Waals surface area contributed by atoms with E-state index in [9.17, 15) is 0 Å². The number of benzene rings is 5. The average Bonchev–Trinajstić information content (AvgIpc) is 3.57. The molecule has 0 aliphatic heterocycles. The van der Waals surface area contributed by atoms with Crippen molar-refractivity contribution in [2.24, 2.45) is 0 Å².